The second-order valence-corrected chi connectivity index (χ2v) is 4.70. The summed E-state index contributed by atoms with van der Waals surface area (Å²) in [4.78, 5) is 16.1. The summed E-state index contributed by atoms with van der Waals surface area (Å²) >= 11 is 3.49. The molecule has 3 rings (SSSR count). The summed E-state index contributed by atoms with van der Waals surface area (Å²) in [5, 5.41) is 1.63. The molecule has 1 aliphatic carbocycles. The van der Waals surface area contributed by atoms with Gasteiger partial charge in [-0.2, -0.15) is 0 Å². The summed E-state index contributed by atoms with van der Waals surface area (Å²) in [6.45, 7) is 0. The van der Waals surface area contributed by atoms with E-state index in [1.54, 1.807) is 12.4 Å². The number of pyridine rings is 2. The molecule has 0 aromatic carbocycles. The molecule has 0 bridgehead atoms. The van der Waals surface area contributed by atoms with Crippen LogP contribution in [-0.4, -0.2) is 9.55 Å². The van der Waals surface area contributed by atoms with Crippen LogP contribution >= 0.6 is 15.9 Å². The van der Waals surface area contributed by atoms with E-state index in [1.807, 2.05) is 16.8 Å². The van der Waals surface area contributed by atoms with Crippen LogP contribution in [0.5, 0.6) is 0 Å². The predicted octanol–water partition coefficient (Wildman–Crippen LogP) is 2.49. The minimum Gasteiger partial charge on any atom is -0.311 e. The van der Waals surface area contributed by atoms with Gasteiger partial charge in [0.25, 0.3) is 5.56 Å². The van der Waals surface area contributed by atoms with Crippen molar-refractivity contribution in [2.45, 2.75) is 18.9 Å². The number of hydrogen-bond donors (Lipinski definition) is 0. The molecule has 3 nitrogen and oxygen atoms in total. The Bertz CT molecular complexity index is 587. The highest BCUT2D eigenvalue weighted by molar-refractivity contribution is 9.10. The first-order valence-electron chi connectivity index (χ1n) is 4.92. The lowest BCUT2D eigenvalue weighted by Crippen LogP contribution is -2.18. The third kappa shape index (κ3) is 1.40. The monoisotopic (exact) mass is 264 g/mol. The highest BCUT2D eigenvalue weighted by Crippen LogP contribution is 2.35. The number of hydrogen-bond acceptors (Lipinski definition) is 2. The Morgan fingerprint density at radius 3 is 2.93 bits per heavy atom. The van der Waals surface area contributed by atoms with Gasteiger partial charge in [-0.3, -0.25) is 9.78 Å². The second-order valence-electron chi connectivity index (χ2n) is 3.84. The van der Waals surface area contributed by atoms with Crippen LogP contribution in [0.2, 0.25) is 0 Å². The van der Waals surface area contributed by atoms with Crippen molar-refractivity contribution in [3.8, 4) is 0 Å². The Labute approximate surface area is 94.9 Å². The largest absolute Gasteiger partial charge is 0.311 e. The molecule has 15 heavy (non-hydrogen) atoms. The average molecular weight is 265 g/mol. The lowest BCUT2D eigenvalue weighted by atomic mass is 10.2. The van der Waals surface area contributed by atoms with Crippen molar-refractivity contribution in [2.75, 3.05) is 0 Å². The molecule has 0 unspecified atom stereocenters. The summed E-state index contributed by atoms with van der Waals surface area (Å²) in [7, 11) is 0. The minimum absolute atomic E-state index is 0.0730. The normalized spacial score (nSPS) is 15.8. The lowest BCUT2D eigenvalue weighted by Gasteiger charge is -2.06. The van der Waals surface area contributed by atoms with Crippen LogP contribution in [0.1, 0.15) is 18.9 Å². The van der Waals surface area contributed by atoms with Gasteiger partial charge in [-0.05, 0) is 34.8 Å². The van der Waals surface area contributed by atoms with E-state index in [9.17, 15) is 4.79 Å². The summed E-state index contributed by atoms with van der Waals surface area (Å²) < 4.78 is 2.78. The van der Waals surface area contributed by atoms with Gasteiger partial charge in [0.05, 0.1) is 5.39 Å². The average Bonchev–Trinajstić information content (AvgIpc) is 3.07. The zero-order chi connectivity index (χ0) is 10.4. The van der Waals surface area contributed by atoms with Crippen molar-refractivity contribution in [1.29, 1.82) is 0 Å². The Balaban J connectivity index is 2.41. The molecule has 4 heteroatoms. The summed E-state index contributed by atoms with van der Waals surface area (Å²) in [5.41, 5.74) is 0.0730. The van der Waals surface area contributed by atoms with Gasteiger partial charge in [0.1, 0.15) is 0 Å². The summed E-state index contributed by atoms with van der Waals surface area (Å²) in [6.07, 6.45) is 7.45. The molecule has 2 aromatic rings. The van der Waals surface area contributed by atoms with Gasteiger partial charge in [-0.15, -0.1) is 0 Å². The predicted molar refractivity (Wildman–Crippen MR) is 62.0 cm³/mol. The first-order valence-corrected chi connectivity index (χ1v) is 5.71. The highest BCUT2D eigenvalue weighted by Gasteiger charge is 2.25. The zero-order valence-corrected chi connectivity index (χ0v) is 9.57. The molecule has 0 N–H and O–H groups in total. The maximum absolute atomic E-state index is 12.1. The van der Waals surface area contributed by atoms with Gasteiger partial charge in [-0.1, -0.05) is 0 Å². The maximum atomic E-state index is 12.1. The molecule has 2 aromatic heterocycles. The van der Waals surface area contributed by atoms with Crippen molar-refractivity contribution in [1.82, 2.24) is 9.55 Å². The van der Waals surface area contributed by atoms with Gasteiger partial charge in [-0.25, -0.2) is 0 Å². The van der Waals surface area contributed by atoms with Gasteiger partial charge in [0, 0.05) is 34.5 Å². The van der Waals surface area contributed by atoms with E-state index in [0.717, 1.165) is 22.7 Å². The lowest BCUT2D eigenvalue weighted by molar-refractivity contribution is 0.712. The fourth-order valence-electron chi connectivity index (χ4n) is 1.79. The van der Waals surface area contributed by atoms with Crippen LogP contribution < -0.4 is 5.56 Å². The SMILES string of the molecule is O=c1c2cnccc2c(Br)cn1C1CC1. The Morgan fingerprint density at radius 2 is 2.20 bits per heavy atom. The molecular weight excluding hydrogens is 256 g/mol. The zero-order valence-electron chi connectivity index (χ0n) is 7.98. The van der Waals surface area contributed by atoms with Crippen LogP contribution in [0.25, 0.3) is 10.8 Å². The maximum Gasteiger partial charge on any atom is 0.260 e. The fourth-order valence-corrected chi connectivity index (χ4v) is 2.35. The quantitative estimate of drug-likeness (QED) is 0.794. The van der Waals surface area contributed by atoms with Crippen molar-refractivity contribution in [3.05, 3.63) is 39.5 Å². The molecule has 1 fully saturated rings. The molecule has 2 heterocycles. The number of rotatable bonds is 1. The molecule has 0 radical (unpaired) electrons. The third-order valence-electron chi connectivity index (χ3n) is 2.74. The molecule has 0 atom stereocenters. The second kappa shape index (κ2) is 3.17. The van der Waals surface area contributed by atoms with Gasteiger partial charge >= 0.3 is 0 Å². The first-order chi connectivity index (χ1) is 7.27. The van der Waals surface area contributed by atoms with E-state index < -0.39 is 0 Å². The first kappa shape index (κ1) is 9.09. The van der Waals surface area contributed by atoms with Crippen molar-refractivity contribution in [3.63, 3.8) is 0 Å². The number of nitrogens with zero attached hydrogens (tertiary/aromatic N) is 2. The molecule has 1 saturated carbocycles. The summed E-state index contributed by atoms with van der Waals surface area (Å²) in [5.74, 6) is 0. The van der Waals surface area contributed by atoms with E-state index in [0.29, 0.717) is 11.4 Å². The third-order valence-corrected chi connectivity index (χ3v) is 3.37. The van der Waals surface area contributed by atoms with Crippen molar-refractivity contribution >= 4 is 26.7 Å². The van der Waals surface area contributed by atoms with Gasteiger partial charge < -0.3 is 4.57 Å². The van der Waals surface area contributed by atoms with Crippen molar-refractivity contribution in [2.24, 2.45) is 0 Å². The minimum atomic E-state index is 0.0730. The van der Waals surface area contributed by atoms with Crippen LogP contribution in [0.15, 0.2) is 33.9 Å². The standard InChI is InChI=1S/C11H9BrN2O/c12-10-6-14(7-1-2-7)11(15)9-5-13-4-3-8(9)10/h3-7H,1-2H2. The highest BCUT2D eigenvalue weighted by atomic mass is 79.9. The Hall–Kier alpha value is -1.16. The van der Waals surface area contributed by atoms with Crippen LogP contribution in [0.4, 0.5) is 0 Å². The molecule has 0 saturated heterocycles. The number of fused-ring (bicyclic) bond motifs is 1. The van der Waals surface area contributed by atoms with Gasteiger partial charge in [0.15, 0.2) is 0 Å². The van der Waals surface area contributed by atoms with Crippen LogP contribution in [0, 0.1) is 0 Å². The smallest absolute Gasteiger partial charge is 0.260 e. The van der Waals surface area contributed by atoms with E-state index >= 15 is 0 Å². The molecule has 0 amide bonds. The molecule has 0 aliphatic heterocycles. The fraction of sp³-hybridized carbons (Fsp3) is 0.273. The molecule has 76 valence electrons. The van der Waals surface area contributed by atoms with E-state index in [2.05, 4.69) is 20.9 Å². The van der Waals surface area contributed by atoms with E-state index in [4.69, 9.17) is 0 Å². The molecular formula is C11H9BrN2O. The molecule has 0 spiro atoms. The van der Waals surface area contributed by atoms with Crippen LogP contribution in [0.3, 0.4) is 0 Å². The van der Waals surface area contributed by atoms with E-state index in [-0.39, 0.29) is 5.56 Å². The van der Waals surface area contributed by atoms with Crippen LogP contribution in [-0.2, 0) is 0 Å². The van der Waals surface area contributed by atoms with E-state index in [1.165, 1.54) is 0 Å². The Kier molecular flexibility index (Phi) is 1.92. The van der Waals surface area contributed by atoms with Crippen molar-refractivity contribution < 1.29 is 0 Å². The summed E-state index contributed by atoms with van der Waals surface area (Å²) in [6, 6.07) is 2.26. The Morgan fingerprint density at radius 1 is 1.40 bits per heavy atom. The topological polar surface area (TPSA) is 34.9 Å². The number of halogens is 1. The van der Waals surface area contributed by atoms with Gasteiger partial charge in [0.2, 0.25) is 0 Å². The molecule has 1 aliphatic rings. The number of aromatic nitrogens is 2.